The number of piperidine rings is 1. The Morgan fingerprint density at radius 3 is 2.52 bits per heavy atom. The molecule has 1 aromatic rings. The zero-order chi connectivity index (χ0) is 15.5. The molecule has 0 bridgehead atoms. The molecule has 0 spiro atoms. The number of imidazole rings is 1. The van der Waals surface area contributed by atoms with Gasteiger partial charge in [-0.25, -0.2) is 30.8 Å². The van der Waals surface area contributed by atoms with E-state index in [9.17, 15) is 16.8 Å². The highest BCUT2D eigenvalue weighted by molar-refractivity contribution is 7.89. The molecule has 8 nitrogen and oxygen atoms in total. The van der Waals surface area contributed by atoms with Gasteiger partial charge in [0.25, 0.3) is 10.0 Å². The maximum Gasteiger partial charge on any atom is 0.257 e. The van der Waals surface area contributed by atoms with Crippen molar-refractivity contribution in [3.8, 4) is 0 Å². The van der Waals surface area contributed by atoms with Crippen molar-refractivity contribution in [1.29, 1.82) is 0 Å². The van der Waals surface area contributed by atoms with Crippen LogP contribution >= 0.6 is 0 Å². The van der Waals surface area contributed by atoms with Gasteiger partial charge in [0.2, 0.25) is 10.0 Å². The van der Waals surface area contributed by atoms with Crippen LogP contribution in [-0.2, 0) is 20.0 Å². The van der Waals surface area contributed by atoms with E-state index in [-0.39, 0.29) is 16.8 Å². The van der Waals surface area contributed by atoms with Gasteiger partial charge in [-0.3, -0.25) is 0 Å². The summed E-state index contributed by atoms with van der Waals surface area (Å²) < 4.78 is 52.0. The van der Waals surface area contributed by atoms with Crippen molar-refractivity contribution in [1.82, 2.24) is 19.0 Å². The first-order valence-corrected chi connectivity index (χ1v) is 9.93. The van der Waals surface area contributed by atoms with Crippen LogP contribution in [0.15, 0.2) is 17.6 Å². The van der Waals surface area contributed by atoms with Gasteiger partial charge in [-0.05, 0) is 19.3 Å². The molecule has 0 saturated carbocycles. The Hall–Kier alpha value is -0.970. The van der Waals surface area contributed by atoms with Crippen molar-refractivity contribution in [3.05, 3.63) is 12.5 Å². The Labute approximate surface area is 125 Å². The van der Waals surface area contributed by atoms with E-state index in [1.807, 2.05) is 6.92 Å². The lowest BCUT2D eigenvalue weighted by Gasteiger charge is -2.31. The number of sulfonamides is 2. The molecule has 0 unspecified atom stereocenters. The average molecular weight is 336 g/mol. The van der Waals surface area contributed by atoms with Gasteiger partial charge in [0.15, 0.2) is 5.03 Å². The van der Waals surface area contributed by atoms with E-state index in [4.69, 9.17) is 0 Å². The number of nitrogens with zero attached hydrogens (tertiary/aromatic N) is 2. The largest absolute Gasteiger partial charge is 0.335 e. The first kappa shape index (κ1) is 16.4. The van der Waals surface area contributed by atoms with Crippen molar-refractivity contribution in [2.45, 2.75) is 37.3 Å². The zero-order valence-corrected chi connectivity index (χ0v) is 13.5. The third kappa shape index (κ3) is 4.02. The molecule has 0 aliphatic carbocycles. The van der Waals surface area contributed by atoms with Crippen LogP contribution in [0.1, 0.15) is 26.2 Å². The van der Waals surface area contributed by atoms with Gasteiger partial charge in [-0.2, -0.15) is 0 Å². The Morgan fingerprint density at radius 1 is 1.33 bits per heavy atom. The smallest absolute Gasteiger partial charge is 0.257 e. The standard InChI is InChI=1S/C11H20N4O4S2/c1-2-7-20(16,17)15-5-3-10(4-6-15)14-21(18,19)11-8-12-9-13-11/h8-10,14H,2-7H2,1H3,(H,12,13). The lowest BCUT2D eigenvalue weighted by molar-refractivity contribution is 0.308. The van der Waals surface area contributed by atoms with Gasteiger partial charge in [0, 0.05) is 19.1 Å². The fourth-order valence-electron chi connectivity index (χ4n) is 2.31. The van der Waals surface area contributed by atoms with E-state index < -0.39 is 20.0 Å². The maximum atomic E-state index is 12.0. The van der Waals surface area contributed by atoms with E-state index in [1.165, 1.54) is 16.8 Å². The van der Waals surface area contributed by atoms with E-state index in [1.54, 1.807) is 0 Å². The first-order chi connectivity index (χ1) is 9.85. The van der Waals surface area contributed by atoms with Crippen molar-refractivity contribution in [3.63, 3.8) is 0 Å². The molecule has 1 saturated heterocycles. The molecule has 120 valence electrons. The molecule has 1 aromatic heterocycles. The number of hydrogen-bond acceptors (Lipinski definition) is 5. The molecule has 1 fully saturated rings. The quantitative estimate of drug-likeness (QED) is 0.753. The summed E-state index contributed by atoms with van der Waals surface area (Å²) in [4.78, 5) is 6.23. The summed E-state index contributed by atoms with van der Waals surface area (Å²) in [7, 11) is -6.82. The van der Waals surface area contributed by atoms with Crippen LogP contribution in [-0.4, -0.2) is 56.0 Å². The fraction of sp³-hybridized carbons (Fsp3) is 0.727. The lowest BCUT2D eigenvalue weighted by Crippen LogP contribution is -2.47. The summed E-state index contributed by atoms with van der Waals surface area (Å²) in [6.07, 6.45) is 4.05. The summed E-state index contributed by atoms with van der Waals surface area (Å²) in [5.41, 5.74) is 0. The van der Waals surface area contributed by atoms with Crippen molar-refractivity contribution < 1.29 is 16.8 Å². The van der Waals surface area contributed by atoms with E-state index >= 15 is 0 Å². The van der Waals surface area contributed by atoms with E-state index in [0.717, 1.165) is 0 Å². The molecule has 21 heavy (non-hydrogen) atoms. The van der Waals surface area contributed by atoms with Gasteiger partial charge in [0.1, 0.15) is 0 Å². The molecular weight excluding hydrogens is 316 g/mol. The molecular formula is C11H20N4O4S2. The average Bonchev–Trinajstić information content (AvgIpc) is 2.93. The summed E-state index contributed by atoms with van der Waals surface area (Å²) >= 11 is 0. The highest BCUT2D eigenvalue weighted by atomic mass is 32.2. The predicted molar refractivity (Wildman–Crippen MR) is 77.6 cm³/mol. The summed E-state index contributed by atoms with van der Waals surface area (Å²) in [6.45, 7) is 2.51. The van der Waals surface area contributed by atoms with Crippen molar-refractivity contribution in [2.24, 2.45) is 0 Å². The maximum absolute atomic E-state index is 12.0. The molecule has 1 aliphatic rings. The Morgan fingerprint density at radius 2 is 2.00 bits per heavy atom. The van der Waals surface area contributed by atoms with Crippen LogP contribution in [0, 0.1) is 0 Å². The number of hydrogen-bond donors (Lipinski definition) is 2. The summed E-state index contributed by atoms with van der Waals surface area (Å²) in [5, 5.41) is 0.0172. The second-order valence-electron chi connectivity index (χ2n) is 5.03. The molecule has 2 N–H and O–H groups in total. The SMILES string of the molecule is CCCS(=O)(=O)N1CCC(NS(=O)(=O)c2cnc[nH]2)CC1. The number of nitrogens with one attached hydrogen (secondary N) is 2. The number of H-pyrrole nitrogens is 1. The minimum Gasteiger partial charge on any atom is -0.335 e. The Kier molecular flexibility index (Phi) is 5.02. The van der Waals surface area contributed by atoms with Gasteiger partial charge in [-0.15, -0.1) is 0 Å². The molecule has 2 heterocycles. The second-order valence-corrected chi connectivity index (χ2v) is 8.80. The minimum atomic E-state index is -3.62. The monoisotopic (exact) mass is 336 g/mol. The molecule has 0 radical (unpaired) electrons. The topological polar surface area (TPSA) is 112 Å². The number of aromatic amines is 1. The van der Waals surface area contributed by atoms with Gasteiger partial charge < -0.3 is 4.98 Å². The molecule has 10 heteroatoms. The summed E-state index contributed by atoms with van der Waals surface area (Å²) in [6, 6.07) is -0.258. The van der Waals surface area contributed by atoms with E-state index in [0.29, 0.717) is 32.4 Å². The number of aromatic nitrogens is 2. The molecule has 0 aromatic carbocycles. The van der Waals surface area contributed by atoms with Crippen LogP contribution in [0.2, 0.25) is 0 Å². The Bertz CT molecular complexity index is 646. The molecule has 2 rings (SSSR count). The van der Waals surface area contributed by atoms with Crippen molar-refractivity contribution in [2.75, 3.05) is 18.8 Å². The van der Waals surface area contributed by atoms with E-state index in [2.05, 4.69) is 14.7 Å². The van der Waals surface area contributed by atoms with Gasteiger partial charge in [0.05, 0.1) is 18.3 Å². The fourth-order valence-corrected chi connectivity index (χ4v) is 5.06. The van der Waals surface area contributed by atoms with Crippen LogP contribution in [0.4, 0.5) is 0 Å². The van der Waals surface area contributed by atoms with Crippen molar-refractivity contribution >= 4 is 20.0 Å². The third-order valence-corrected chi connectivity index (χ3v) is 6.92. The third-order valence-electron chi connectivity index (χ3n) is 3.39. The predicted octanol–water partition coefficient (Wildman–Crippen LogP) is -0.108. The van der Waals surface area contributed by atoms with Gasteiger partial charge >= 0.3 is 0 Å². The highest BCUT2D eigenvalue weighted by Gasteiger charge is 2.30. The molecule has 1 aliphatic heterocycles. The Balaban J connectivity index is 1.93. The first-order valence-electron chi connectivity index (χ1n) is 6.83. The van der Waals surface area contributed by atoms with Crippen LogP contribution in [0.3, 0.4) is 0 Å². The highest BCUT2D eigenvalue weighted by Crippen LogP contribution is 2.17. The minimum absolute atomic E-state index is 0.0172. The molecule has 0 atom stereocenters. The zero-order valence-electron chi connectivity index (χ0n) is 11.8. The summed E-state index contributed by atoms with van der Waals surface area (Å²) in [5.74, 6) is 0.136. The van der Waals surface area contributed by atoms with Crippen LogP contribution in [0.5, 0.6) is 0 Å². The number of rotatable bonds is 6. The normalized spacial score (nSPS) is 18.9. The second kappa shape index (κ2) is 6.42. The van der Waals surface area contributed by atoms with Crippen LogP contribution in [0.25, 0.3) is 0 Å². The molecule has 0 amide bonds. The lowest BCUT2D eigenvalue weighted by atomic mass is 10.1. The van der Waals surface area contributed by atoms with Gasteiger partial charge in [-0.1, -0.05) is 6.92 Å². The van der Waals surface area contributed by atoms with Crippen LogP contribution < -0.4 is 4.72 Å².